The second-order valence-corrected chi connectivity index (χ2v) is 3.63. The molecule has 0 saturated carbocycles. The molecule has 0 saturated heterocycles. The van der Waals surface area contributed by atoms with Gasteiger partial charge < -0.3 is 4.74 Å². The van der Waals surface area contributed by atoms with E-state index in [9.17, 15) is 4.79 Å². The fourth-order valence-electron chi connectivity index (χ4n) is 1.46. The van der Waals surface area contributed by atoms with Crippen molar-refractivity contribution < 1.29 is 9.53 Å². The van der Waals surface area contributed by atoms with Gasteiger partial charge in [0.15, 0.2) is 5.69 Å². The summed E-state index contributed by atoms with van der Waals surface area (Å²) in [4.78, 5) is 13.0. The third-order valence-electron chi connectivity index (χ3n) is 2.37. The number of ether oxygens (including phenoxy) is 1. The first-order chi connectivity index (χ1) is 8.72. The van der Waals surface area contributed by atoms with E-state index >= 15 is 0 Å². The summed E-state index contributed by atoms with van der Waals surface area (Å²) in [5.74, 6) is -0.462. The molecule has 94 valence electrons. The Bertz CT molecular complexity index is 536. The Morgan fingerprint density at radius 3 is 2.78 bits per heavy atom. The molecule has 0 aliphatic rings. The van der Waals surface area contributed by atoms with Crippen LogP contribution in [0.25, 0.3) is 0 Å². The number of carbonyl (C=O) groups is 1. The average Bonchev–Trinajstić information content (AvgIpc) is 2.73. The number of esters is 1. The molecule has 0 spiro atoms. The Morgan fingerprint density at radius 1 is 1.39 bits per heavy atom. The summed E-state index contributed by atoms with van der Waals surface area (Å²) in [6.07, 6.45) is 0. The molecule has 0 aliphatic carbocycles. The highest BCUT2D eigenvalue weighted by molar-refractivity contribution is 5.88. The molecular weight excluding hydrogens is 232 g/mol. The molecule has 2 aromatic rings. The highest BCUT2D eigenvalue weighted by atomic mass is 16.5. The molecule has 6 nitrogen and oxygen atoms in total. The van der Waals surface area contributed by atoms with Crippen LogP contribution in [0.5, 0.6) is 0 Å². The minimum atomic E-state index is -0.462. The number of benzene rings is 1. The van der Waals surface area contributed by atoms with Gasteiger partial charge in [0, 0.05) is 0 Å². The van der Waals surface area contributed by atoms with E-state index in [1.807, 2.05) is 30.3 Å². The van der Waals surface area contributed by atoms with Crippen LogP contribution in [0.2, 0.25) is 0 Å². The molecule has 1 aromatic carbocycles. The lowest BCUT2D eigenvalue weighted by Crippen LogP contribution is -2.14. The summed E-state index contributed by atoms with van der Waals surface area (Å²) in [6.45, 7) is 3.82. The minimum absolute atomic E-state index is 0.222. The van der Waals surface area contributed by atoms with E-state index < -0.39 is 5.97 Å². The number of para-hydroxylation sites is 1. The summed E-state index contributed by atoms with van der Waals surface area (Å²) < 4.78 is 4.89. The van der Waals surface area contributed by atoms with Crippen molar-refractivity contribution in [2.45, 2.75) is 13.8 Å². The van der Waals surface area contributed by atoms with E-state index in [0.717, 1.165) is 5.69 Å². The van der Waals surface area contributed by atoms with Crippen LogP contribution >= 0.6 is 0 Å². The van der Waals surface area contributed by atoms with Crippen LogP contribution in [0.15, 0.2) is 30.3 Å². The average molecular weight is 246 g/mol. The van der Waals surface area contributed by atoms with Crippen LogP contribution in [0, 0.1) is 6.92 Å². The van der Waals surface area contributed by atoms with Gasteiger partial charge in [-0.15, -0.1) is 5.10 Å². The highest BCUT2D eigenvalue weighted by Gasteiger charge is 2.17. The van der Waals surface area contributed by atoms with Crippen molar-refractivity contribution in [1.82, 2.24) is 15.1 Å². The fraction of sp³-hybridized carbons (Fsp3) is 0.250. The number of carbonyl (C=O) groups excluding carboxylic acids is 1. The number of rotatable bonds is 4. The van der Waals surface area contributed by atoms with Crippen molar-refractivity contribution in [1.29, 1.82) is 0 Å². The van der Waals surface area contributed by atoms with Crippen molar-refractivity contribution in [2.24, 2.45) is 0 Å². The molecule has 0 unspecified atom stereocenters. The smallest absolute Gasteiger partial charge is 0.360 e. The Balaban J connectivity index is 2.18. The maximum absolute atomic E-state index is 11.6. The predicted octanol–water partition coefficient (Wildman–Crippen LogP) is 1.64. The maximum Gasteiger partial charge on any atom is 0.360 e. The molecule has 0 atom stereocenters. The van der Waals surface area contributed by atoms with Gasteiger partial charge >= 0.3 is 5.97 Å². The van der Waals surface area contributed by atoms with Crippen LogP contribution in [0.4, 0.5) is 5.69 Å². The summed E-state index contributed by atoms with van der Waals surface area (Å²) in [5, 5.41) is 7.68. The van der Waals surface area contributed by atoms with Crippen LogP contribution in [-0.2, 0) is 4.74 Å². The van der Waals surface area contributed by atoms with Gasteiger partial charge in [-0.2, -0.15) is 4.79 Å². The van der Waals surface area contributed by atoms with Gasteiger partial charge in [0.1, 0.15) is 0 Å². The molecule has 0 aliphatic heterocycles. The summed E-state index contributed by atoms with van der Waals surface area (Å²) in [5.41, 5.74) is 4.72. The first-order valence-corrected chi connectivity index (χ1v) is 5.64. The standard InChI is InChI=1S/C12H14N4O2/c1-3-18-12(17)11-9(2)16(15-13-11)14-10-7-5-4-6-8-10/h4-8,14H,3H2,1-2H3. The van der Waals surface area contributed by atoms with E-state index in [0.29, 0.717) is 12.3 Å². The second-order valence-electron chi connectivity index (χ2n) is 3.63. The lowest BCUT2D eigenvalue weighted by molar-refractivity contribution is 0.0518. The van der Waals surface area contributed by atoms with Gasteiger partial charge in [-0.05, 0) is 31.2 Å². The number of anilines is 1. The van der Waals surface area contributed by atoms with Gasteiger partial charge in [-0.25, -0.2) is 4.79 Å². The first-order valence-electron chi connectivity index (χ1n) is 5.64. The monoisotopic (exact) mass is 246 g/mol. The SMILES string of the molecule is CCOC(=O)c1nnn(Nc2ccccc2)c1C. The number of nitrogens with one attached hydrogen (secondary N) is 1. The fourth-order valence-corrected chi connectivity index (χ4v) is 1.46. The highest BCUT2D eigenvalue weighted by Crippen LogP contribution is 2.09. The zero-order valence-corrected chi connectivity index (χ0v) is 10.3. The van der Waals surface area contributed by atoms with Crippen molar-refractivity contribution in [3.05, 3.63) is 41.7 Å². The van der Waals surface area contributed by atoms with Crippen LogP contribution in [0.3, 0.4) is 0 Å². The van der Waals surface area contributed by atoms with Gasteiger partial charge in [0.05, 0.1) is 18.0 Å². The first kappa shape index (κ1) is 12.1. The lowest BCUT2D eigenvalue weighted by Gasteiger charge is -2.06. The van der Waals surface area contributed by atoms with E-state index in [-0.39, 0.29) is 5.69 Å². The summed E-state index contributed by atoms with van der Waals surface area (Å²) in [6, 6.07) is 9.52. The van der Waals surface area contributed by atoms with Gasteiger partial charge in [-0.1, -0.05) is 18.2 Å². The van der Waals surface area contributed by atoms with Crippen molar-refractivity contribution >= 4 is 11.7 Å². The molecule has 0 fully saturated rings. The number of nitrogens with zero attached hydrogens (tertiary/aromatic N) is 3. The largest absolute Gasteiger partial charge is 0.461 e. The number of hydrogen-bond donors (Lipinski definition) is 1. The molecule has 2 rings (SSSR count). The zero-order valence-electron chi connectivity index (χ0n) is 10.3. The molecule has 6 heteroatoms. The Labute approximate surface area is 105 Å². The van der Waals surface area contributed by atoms with E-state index in [1.54, 1.807) is 13.8 Å². The predicted molar refractivity (Wildman–Crippen MR) is 66.2 cm³/mol. The zero-order chi connectivity index (χ0) is 13.0. The van der Waals surface area contributed by atoms with Gasteiger partial charge in [-0.3, -0.25) is 5.43 Å². The van der Waals surface area contributed by atoms with Gasteiger partial charge in [0.2, 0.25) is 0 Å². The van der Waals surface area contributed by atoms with Crippen LogP contribution in [-0.4, -0.2) is 27.7 Å². The molecule has 18 heavy (non-hydrogen) atoms. The molecule has 0 radical (unpaired) electrons. The van der Waals surface area contributed by atoms with E-state index in [2.05, 4.69) is 15.7 Å². The van der Waals surface area contributed by atoms with E-state index in [4.69, 9.17) is 4.74 Å². The molecule has 1 aromatic heterocycles. The maximum atomic E-state index is 11.6. The normalized spacial score (nSPS) is 10.1. The minimum Gasteiger partial charge on any atom is -0.461 e. The Hall–Kier alpha value is -2.37. The third-order valence-corrected chi connectivity index (χ3v) is 2.37. The van der Waals surface area contributed by atoms with Crippen LogP contribution in [0.1, 0.15) is 23.1 Å². The topological polar surface area (TPSA) is 69.0 Å². The van der Waals surface area contributed by atoms with E-state index in [1.165, 1.54) is 4.79 Å². The quantitative estimate of drug-likeness (QED) is 0.830. The number of aromatic nitrogens is 3. The second kappa shape index (κ2) is 5.31. The molecular formula is C12H14N4O2. The molecule has 0 bridgehead atoms. The van der Waals surface area contributed by atoms with Crippen molar-refractivity contribution in [2.75, 3.05) is 12.0 Å². The molecule has 1 N–H and O–H groups in total. The summed E-state index contributed by atoms with van der Waals surface area (Å²) >= 11 is 0. The molecule has 0 amide bonds. The Morgan fingerprint density at radius 2 is 2.11 bits per heavy atom. The van der Waals surface area contributed by atoms with Crippen LogP contribution < -0.4 is 5.43 Å². The summed E-state index contributed by atoms with van der Waals surface area (Å²) in [7, 11) is 0. The Kier molecular flexibility index (Phi) is 3.57. The third kappa shape index (κ3) is 2.48. The van der Waals surface area contributed by atoms with Crippen molar-refractivity contribution in [3.63, 3.8) is 0 Å². The lowest BCUT2D eigenvalue weighted by atomic mass is 10.3. The van der Waals surface area contributed by atoms with Gasteiger partial charge in [0.25, 0.3) is 0 Å². The van der Waals surface area contributed by atoms with Crippen molar-refractivity contribution in [3.8, 4) is 0 Å². The number of hydrogen-bond acceptors (Lipinski definition) is 5. The molecule has 1 heterocycles.